The van der Waals surface area contributed by atoms with Crippen molar-refractivity contribution >= 4 is 11.5 Å². The van der Waals surface area contributed by atoms with Crippen LogP contribution in [0.1, 0.15) is 0 Å². The normalized spacial score (nSPS) is 11.9. The summed E-state index contributed by atoms with van der Waals surface area (Å²) in [5.74, 6) is -0.603. The van der Waals surface area contributed by atoms with E-state index in [4.69, 9.17) is 9.11 Å². The van der Waals surface area contributed by atoms with Gasteiger partial charge in [-0.05, 0) is 6.07 Å². The van der Waals surface area contributed by atoms with Gasteiger partial charge in [0.25, 0.3) is 4.90 Å². The van der Waals surface area contributed by atoms with Crippen LogP contribution >= 0.6 is 0 Å². The predicted octanol–water partition coefficient (Wildman–Crippen LogP) is 2.51. The third-order valence-electron chi connectivity index (χ3n) is 1.27. The summed E-state index contributed by atoms with van der Waals surface area (Å²) < 4.78 is 56.5. The zero-order chi connectivity index (χ0) is 10.8. The van der Waals surface area contributed by atoms with Crippen molar-refractivity contribution in [2.75, 3.05) is 0 Å². The Hall–Kier alpha value is -0.920. The summed E-state index contributed by atoms with van der Waals surface area (Å²) in [7, 11) is 0. The second-order valence-corrected chi connectivity index (χ2v) is 3.23. The smallest absolute Gasteiger partial charge is 0.400 e. The fourth-order valence-corrected chi connectivity index (χ4v) is 1.30. The molecule has 1 aromatic carbocycles. The first-order valence-corrected chi connectivity index (χ1v) is 4.51. The fourth-order valence-electron chi connectivity index (χ4n) is 0.810. The predicted molar refractivity (Wildman–Crippen MR) is 44.0 cm³/mol. The highest BCUT2D eigenvalue weighted by atomic mass is 32.2. The molecule has 0 heterocycles. The lowest BCUT2D eigenvalue weighted by Crippen LogP contribution is -2.18. The standard InChI is InChI=1S/C7H6F3O3S/c8-7(9,10)13-5-3-1-2-4-6(5)14(11)12/h1-4,11-12H/q+1. The van der Waals surface area contributed by atoms with E-state index in [1.807, 2.05) is 0 Å². The lowest BCUT2D eigenvalue weighted by Gasteiger charge is -2.08. The molecule has 78 valence electrons. The van der Waals surface area contributed by atoms with E-state index in [2.05, 4.69) is 4.74 Å². The van der Waals surface area contributed by atoms with Crippen LogP contribution in [0, 0.1) is 0 Å². The maximum Gasteiger partial charge on any atom is 0.573 e. The van der Waals surface area contributed by atoms with Crippen LogP contribution in [0.2, 0.25) is 0 Å². The van der Waals surface area contributed by atoms with Crippen LogP contribution in [0.5, 0.6) is 5.75 Å². The minimum atomic E-state index is -4.84. The molecule has 1 rings (SSSR count). The average molecular weight is 227 g/mol. The molecule has 0 bridgehead atoms. The monoisotopic (exact) mass is 227 g/mol. The van der Waals surface area contributed by atoms with Crippen molar-refractivity contribution < 1.29 is 27.0 Å². The van der Waals surface area contributed by atoms with Crippen LogP contribution in [-0.4, -0.2) is 15.5 Å². The molecule has 0 unspecified atom stereocenters. The van der Waals surface area contributed by atoms with Gasteiger partial charge in [0.05, 0.1) is 0 Å². The van der Waals surface area contributed by atoms with Gasteiger partial charge in [-0.25, -0.2) is 0 Å². The van der Waals surface area contributed by atoms with Crippen LogP contribution in [-0.2, 0) is 11.5 Å². The quantitative estimate of drug-likeness (QED) is 0.763. The van der Waals surface area contributed by atoms with E-state index in [-0.39, 0.29) is 4.90 Å². The van der Waals surface area contributed by atoms with Crippen molar-refractivity contribution in [3.05, 3.63) is 24.3 Å². The van der Waals surface area contributed by atoms with E-state index in [1.54, 1.807) is 0 Å². The summed E-state index contributed by atoms with van der Waals surface area (Å²) in [6, 6.07) is 4.84. The minimum Gasteiger partial charge on any atom is -0.400 e. The van der Waals surface area contributed by atoms with E-state index in [1.165, 1.54) is 12.1 Å². The average Bonchev–Trinajstić information content (AvgIpc) is 2.01. The SMILES string of the molecule is O[S+](O)c1ccccc1OC(F)(F)F. The molecule has 0 aliphatic carbocycles. The Kier molecular flexibility index (Phi) is 3.25. The molecule has 0 radical (unpaired) electrons. The maximum atomic E-state index is 11.8. The van der Waals surface area contributed by atoms with Crippen LogP contribution in [0.4, 0.5) is 13.2 Å². The van der Waals surface area contributed by atoms with Gasteiger partial charge in [-0.2, -0.15) is 0 Å². The molecule has 1 aromatic rings. The van der Waals surface area contributed by atoms with Crippen molar-refractivity contribution in [3.8, 4) is 5.75 Å². The van der Waals surface area contributed by atoms with E-state index in [9.17, 15) is 13.2 Å². The molecule has 0 saturated carbocycles. The van der Waals surface area contributed by atoms with Gasteiger partial charge >= 0.3 is 17.8 Å². The molecule has 14 heavy (non-hydrogen) atoms. The third kappa shape index (κ3) is 3.09. The van der Waals surface area contributed by atoms with Crippen molar-refractivity contribution in [3.63, 3.8) is 0 Å². The lowest BCUT2D eigenvalue weighted by molar-refractivity contribution is -0.275. The zero-order valence-electron chi connectivity index (χ0n) is 6.65. The molecule has 0 aromatic heterocycles. The van der Waals surface area contributed by atoms with Crippen molar-refractivity contribution in [1.29, 1.82) is 0 Å². The summed E-state index contributed by atoms with van der Waals surface area (Å²) in [5.41, 5.74) is 0. The van der Waals surface area contributed by atoms with Crippen molar-refractivity contribution in [2.24, 2.45) is 0 Å². The number of hydrogen-bond acceptors (Lipinski definition) is 3. The number of rotatable bonds is 2. The number of benzene rings is 1. The molecule has 0 amide bonds. The van der Waals surface area contributed by atoms with Crippen LogP contribution in [0.15, 0.2) is 29.2 Å². The molecule has 0 aliphatic rings. The van der Waals surface area contributed by atoms with E-state index in [0.717, 1.165) is 12.1 Å². The molecule has 0 fully saturated rings. The molecule has 3 nitrogen and oxygen atoms in total. The Labute approximate surface area is 80.5 Å². The van der Waals surface area contributed by atoms with Gasteiger partial charge in [0, 0.05) is 6.07 Å². The van der Waals surface area contributed by atoms with Crippen LogP contribution in [0.3, 0.4) is 0 Å². The molecule has 0 saturated heterocycles. The second kappa shape index (κ2) is 4.07. The van der Waals surface area contributed by atoms with Gasteiger partial charge in [-0.1, -0.05) is 12.1 Å². The lowest BCUT2D eigenvalue weighted by atomic mass is 10.3. The van der Waals surface area contributed by atoms with E-state index < -0.39 is 23.6 Å². The number of halogens is 3. The first-order valence-electron chi connectivity index (χ1n) is 3.37. The number of hydrogen-bond donors (Lipinski definition) is 2. The highest BCUT2D eigenvalue weighted by Gasteiger charge is 2.35. The van der Waals surface area contributed by atoms with Gasteiger partial charge < -0.3 is 4.74 Å². The largest absolute Gasteiger partial charge is 0.573 e. The fraction of sp³-hybridized carbons (Fsp3) is 0.143. The van der Waals surface area contributed by atoms with Gasteiger partial charge in [0.2, 0.25) is 0 Å². The highest BCUT2D eigenvalue weighted by molar-refractivity contribution is 7.86. The highest BCUT2D eigenvalue weighted by Crippen LogP contribution is 2.28. The Bertz CT molecular complexity index is 313. The minimum absolute atomic E-state index is 0.301. The van der Waals surface area contributed by atoms with Crippen LogP contribution < -0.4 is 4.74 Å². The molecule has 0 atom stereocenters. The van der Waals surface area contributed by atoms with Gasteiger partial charge in [-0.15, -0.1) is 22.3 Å². The number of alkyl halides is 3. The van der Waals surface area contributed by atoms with Crippen LogP contribution in [0.25, 0.3) is 0 Å². The van der Waals surface area contributed by atoms with Crippen molar-refractivity contribution in [2.45, 2.75) is 11.3 Å². The molecule has 0 aliphatic heterocycles. The summed E-state index contributed by atoms with van der Waals surface area (Å²) in [6.07, 6.45) is -4.84. The van der Waals surface area contributed by atoms with Gasteiger partial charge in [-0.3, -0.25) is 0 Å². The Morgan fingerprint density at radius 3 is 2.21 bits per heavy atom. The number of para-hydroxylation sites is 1. The molecule has 7 heteroatoms. The third-order valence-corrected chi connectivity index (χ3v) is 2.00. The Balaban J connectivity index is 2.96. The van der Waals surface area contributed by atoms with Gasteiger partial charge in [0.1, 0.15) is 0 Å². The summed E-state index contributed by atoms with van der Waals surface area (Å²) >= 11 is -2.25. The van der Waals surface area contributed by atoms with E-state index in [0.29, 0.717) is 0 Å². The maximum absolute atomic E-state index is 11.8. The van der Waals surface area contributed by atoms with Crippen molar-refractivity contribution in [1.82, 2.24) is 0 Å². The molecule has 0 spiro atoms. The molecular formula is C7H6F3O3S+. The Morgan fingerprint density at radius 1 is 1.14 bits per heavy atom. The molecular weight excluding hydrogens is 221 g/mol. The molecule has 2 N–H and O–H groups in total. The Morgan fingerprint density at radius 2 is 1.71 bits per heavy atom. The van der Waals surface area contributed by atoms with Gasteiger partial charge in [0.15, 0.2) is 5.75 Å². The summed E-state index contributed by atoms with van der Waals surface area (Å²) in [6.45, 7) is 0. The first-order chi connectivity index (χ1) is 6.40. The summed E-state index contributed by atoms with van der Waals surface area (Å²) in [4.78, 5) is -0.301. The number of ether oxygens (including phenoxy) is 1. The topological polar surface area (TPSA) is 49.7 Å². The second-order valence-electron chi connectivity index (χ2n) is 2.26. The summed E-state index contributed by atoms with van der Waals surface area (Å²) in [5, 5.41) is 0. The zero-order valence-corrected chi connectivity index (χ0v) is 7.47. The first kappa shape index (κ1) is 11.2. The van der Waals surface area contributed by atoms with E-state index >= 15 is 0 Å².